The van der Waals surface area contributed by atoms with Crippen LogP contribution in [0.15, 0.2) is 60.7 Å². The molecule has 2 nitrogen and oxygen atoms in total. The van der Waals surface area contributed by atoms with Gasteiger partial charge >= 0.3 is 59.1 Å². The van der Waals surface area contributed by atoms with Crippen LogP contribution in [0.3, 0.4) is 0 Å². The van der Waals surface area contributed by atoms with Gasteiger partial charge in [-0.15, -0.1) is 12.4 Å². The van der Waals surface area contributed by atoms with E-state index in [2.05, 4.69) is 50.2 Å². The van der Waals surface area contributed by atoms with Crippen LogP contribution in [0.1, 0.15) is 40.7 Å². The van der Waals surface area contributed by atoms with E-state index in [1.165, 1.54) is 0 Å². The molecule has 0 spiro atoms. The van der Waals surface area contributed by atoms with Gasteiger partial charge in [-0.1, -0.05) is 67.6 Å². The summed E-state index contributed by atoms with van der Waals surface area (Å²) >= 11 is 0. The van der Waals surface area contributed by atoms with Gasteiger partial charge in [-0.25, -0.2) is 0 Å². The summed E-state index contributed by atoms with van der Waals surface area (Å²) in [5.41, 5.74) is 1.60. The molecule has 0 aromatic heterocycles. The summed E-state index contributed by atoms with van der Waals surface area (Å²) in [6.07, 6.45) is 1.31. The van der Waals surface area contributed by atoms with E-state index < -0.39 is 5.41 Å². The van der Waals surface area contributed by atoms with Gasteiger partial charge < -0.3 is 7.75 Å². The maximum absolute atomic E-state index is 13.2. The molecule has 0 aliphatic heterocycles. The summed E-state index contributed by atoms with van der Waals surface area (Å²) < 4.78 is 0. The number of Topliss-reactive ketones (excluding diaryl/α,β-unsaturated/α-hetero) is 1. The van der Waals surface area contributed by atoms with Crippen molar-refractivity contribution in [3.8, 4) is 0 Å². The van der Waals surface area contributed by atoms with Crippen molar-refractivity contribution in [3.63, 3.8) is 0 Å². The van der Waals surface area contributed by atoms with Crippen LogP contribution in [0.4, 0.5) is 0 Å². The van der Waals surface area contributed by atoms with E-state index in [0.717, 1.165) is 17.5 Å². The van der Waals surface area contributed by atoms with Crippen LogP contribution in [-0.2, 0) is 10.2 Å². The first-order valence-electron chi connectivity index (χ1n) is 8.33. The molecule has 0 saturated carbocycles. The van der Waals surface area contributed by atoms with Gasteiger partial charge in [0.05, 0.1) is 5.41 Å². The molecule has 134 valence electrons. The summed E-state index contributed by atoms with van der Waals surface area (Å²) in [6.45, 7) is 4.15. The van der Waals surface area contributed by atoms with E-state index in [9.17, 15) is 4.79 Å². The van der Waals surface area contributed by atoms with Crippen molar-refractivity contribution in [2.75, 3.05) is 14.1 Å². The van der Waals surface area contributed by atoms with Gasteiger partial charge in [0.1, 0.15) is 5.78 Å². The summed E-state index contributed by atoms with van der Waals surface area (Å²) in [7, 11) is 4.14. The molecule has 1 unspecified atom stereocenters. The molecule has 2 aromatic carbocycles. The van der Waals surface area contributed by atoms with Gasteiger partial charge in [0.15, 0.2) is 0 Å². The zero-order valence-electron chi connectivity index (χ0n) is 19.0. The van der Waals surface area contributed by atoms with Gasteiger partial charge in [-0.3, -0.25) is 4.79 Å². The van der Waals surface area contributed by atoms with Crippen LogP contribution in [0.5, 0.6) is 0 Å². The van der Waals surface area contributed by atoms with Crippen LogP contribution in [0.25, 0.3) is 0 Å². The summed E-state index contributed by atoms with van der Waals surface area (Å²) in [6, 6.07) is 20.7. The molecule has 0 saturated heterocycles. The zero-order chi connectivity index (χ0) is 16.9. The van der Waals surface area contributed by atoms with Gasteiger partial charge in [-0.05, 0) is 38.6 Å². The van der Waals surface area contributed by atoms with Crippen molar-refractivity contribution in [1.82, 2.24) is 4.90 Å². The van der Waals surface area contributed by atoms with Crippen molar-refractivity contribution < 1.29 is 66.8 Å². The number of halogens is 1. The van der Waals surface area contributed by atoms with Crippen LogP contribution in [0, 0.1) is 0 Å². The number of benzene rings is 2. The molecule has 0 heterocycles. The van der Waals surface area contributed by atoms with Crippen LogP contribution >= 0.6 is 12.4 Å². The molecular formula is C21H30ClNNa2O. The SMILES string of the molecule is CCC(=O)C(CC(C)N(C)C)(c1ccccc1)c1ccccc1.Cl.[H-].[H-].[Na+].[Na+]. The molecule has 0 bridgehead atoms. The van der Waals surface area contributed by atoms with Crippen LogP contribution in [0.2, 0.25) is 0 Å². The Balaban J connectivity index is -0.000000576. The minimum Gasteiger partial charge on any atom is -1.00 e. The number of rotatable bonds is 7. The fraction of sp³-hybridized carbons (Fsp3) is 0.381. The first-order valence-corrected chi connectivity index (χ1v) is 8.33. The first kappa shape index (κ1) is 28.6. The maximum Gasteiger partial charge on any atom is 1.00 e. The number of ketones is 1. The van der Waals surface area contributed by atoms with E-state index in [4.69, 9.17) is 0 Å². The molecule has 2 aromatic rings. The fourth-order valence-electron chi connectivity index (χ4n) is 3.21. The van der Waals surface area contributed by atoms with E-state index in [1.807, 2.05) is 43.3 Å². The molecule has 1 atom stereocenters. The second-order valence-corrected chi connectivity index (χ2v) is 6.43. The summed E-state index contributed by atoms with van der Waals surface area (Å²) in [5, 5.41) is 0. The molecule has 0 amide bonds. The number of carbonyl (C=O) groups is 1. The molecule has 26 heavy (non-hydrogen) atoms. The predicted molar refractivity (Wildman–Crippen MR) is 106 cm³/mol. The Labute approximate surface area is 212 Å². The van der Waals surface area contributed by atoms with Crippen LogP contribution < -0.4 is 59.1 Å². The Hall–Kier alpha value is 0.360. The molecule has 5 heteroatoms. The Bertz CT molecular complexity index is 606. The Kier molecular flexibility index (Phi) is 14.9. The minimum absolute atomic E-state index is 0. The minimum atomic E-state index is -0.582. The van der Waals surface area contributed by atoms with E-state index in [0.29, 0.717) is 12.5 Å². The topological polar surface area (TPSA) is 20.3 Å². The smallest absolute Gasteiger partial charge is 1.00 e. The number of nitrogens with zero attached hydrogens (tertiary/aromatic N) is 1. The quantitative estimate of drug-likeness (QED) is 0.559. The Morgan fingerprint density at radius 3 is 1.65 bits per heavy atom. The van der Waals surface area contributed by atoms with Gasteiger partial charge in [0.2, 0.25) is 0 Å². The van der Waals surface area contributed by atoms with Crippen LogP contribution in [-0.4, -0.2) is 30.8 Å². The van der Waals surface area contributed by atoms with Crippen molar-refractivity contribution in [3.05, 3.63) is 71.8 Å². The molecule has 2 rings (SSSR count). The summed E-state index contributed by atoms with van der Waals surface area (Å²) in [4.78, 5) is 15.4. The third-order valence-electron chi connectivity index (χ3n) is 4.81. The first-order chi connectivity index (χ1) is 11.0. The Morgan fingerprint density at radius 1 is 0.962 bits per heavy atom. The van der Waals surface area contributed by atoms with Crippen molar-refractivity contribution in [2.45, 2.75) is 38.1 Å². The predicted octanol–water partition coefficient (Wildman–Crippen LogP) is -1.05. The van der Waals surface area contributed by atoms with E-state index in [-0.39, 0.29) is 80.2 Å². The molecule has 0 N–H and O–H groups in total. The van der Waals surface area contributed by atoms with Crippen molar-refractivity contribution in [2.24, 2.45) is 0 Å². The number of carbonyl (C=O) groups excluding carboxylic acids is 1. The number of hydrogen-bond donors (Lipinski definition) is 0. The normalized spacial score (nSPS) is 11.6. The largest absolute Gasteiger partial charge is 1.00 e. The third-order valence-corrected chi connectivity index (χ3v) is 4.81. The van der Waals surface area contributed by atoms with Crippen molar-refractivity contribution in [1.29, 1.82) is 0 Å². The van der Waals surface area contributed by atoms with Gasteiger partial charge in [0, 0.05) is 12.5 Å². The Morgan fingerprint density at radius 2 is 1.35 bits per heavy atom. The van der Waals surface area contributed by atoms with Crippen molar-refractivity contribution >= 4 is 18.2 Å². The van der Waals surface area contributed by atoms with E-state index >= 15 is 0 Å². The monoisotopic (exact) mass is 393 g/mol. The molecular weight excluding hydrogens is 364 g/mol. The standard InChI is InChI=1S/C21H27NO.ClH.2Na.2H/c1-5-20(23)21(16-17(2)22(3)4,18-12-8-6-9-13-18)19-14-10-7-11-15-19;;;;;/h6-15,17H,5,16H2,1-4H3;1H;;;;/q;;2*+1;2*-1. The average molecular weight is 394 g/mol. The second kappa shape index (κ2) is 13.5. The summed E-state index contributed by atoms with van der Waals surface area (Å²) in [5.74, 6) is 0.281. The average Bonchev–Trinajstić information content (AvgIpc) is 2.60. The van der Waals surface area contributed by atoms with Gasteiger partial charge in [0.25, 0.3) is 0 Å². The molecule has 0 aliphatic carbocycles. The second-order valence-electron chi connectivity index (χ2n) is 6.43. The molecule has 0 fully saturated rings. The van der Waals surface area contributed by atoms with E-state index in [1.54, 1.807) is 0 Å². The fourth-order valence-corrected chi connectivity index (χ4v) is 3.21. The van der Waals surface area contributed by atoms with Gasteiger partial charge in [-0.2, -0.15) is 0 Å². The molecule has 0 aliphatic rings. The zero-order valence-corrected chi connectivity index (χ0v) is 21.8. The maximum atomic E-state index is 13.2. The number of hydrogen-bond acceptors (Lipinski definition) is 2. The molecule has 0 radical (unpaired) electrons. The third kappa shape index (κ3) is 6.46.